The minimum atomic E-state index is -0.113. The molecule has 162 valence electrons. The zero-order valence-electron chi connectivity index (χ0n) is 18.0. The molecule has 0 unspecified atom stereocenters. The van der Waals surface area contributed by atoms with Crippen molar-refractivity contribution in [3.63, 3.8) is 0 Å². The summed E-state index contributed by atoms with van der Waals surface area (Å²) >= 11 is 0. The smallest absolute Gasteiger partial charge is 0.276 e. The van der Waals surface area contributed by atoms with Gasteiger partial charge >= 0.3 is 0 Å². The number of para-hydroxylation sites is 1. The highest BCUT2D eigenvalue weighted by atomic mass is 16.2. The Morgan fingerprint density at radius 2 is 1.66 bits per heavy atom. The fourth-order valence-corrected chi connectivity index (χ4v) is 3.83. The van der Waals surface area contributed by atoms with Crippen LogP contribution in [-0.4, -0.2) is 71.7 Å². The van der Waals surface area contributed by atoms with Crippen molar-refractivity contribution in [3.8, 4) is 11.5 Å². The second kappa shape index (κ2) is 8.22. The Morgan fingerprint density at radius 1 is 0.906 bits per heavy atom. The minimum Gasteiger partial charge on any atom is -0.353 e. The average molecular weight is 429 g/mol. The summed E-state index contributed by atoms with van der Waals surface area (Å²) in [6.45, 7) is 6.46. The lowest BCUT2D eigenvalue weighted by atomic mass is 10.3. The van der Waals surface area contributed by atoms with Crippen LogP contribution in [-0.2, 0) is 0 Å². The molecule has 32 heavy (non-hydrogen) atoms. The third-order valence-electron chi connectivity index (χ3n) is 5.45. The molecular weight excluding hydrogens is 406 g/mol. The van der Waals surface area contributed by atoms with E-state index in [1.54, 1.807) is 11.2 Å². The molecule has 0 radical (unpaired) electrons. The molecule has 10 heteroatoms. The SMILES string of the molecule is Cc1cc(C)n(-c2cc(N3CCN(C(=O)c4cnn(-c5ccccc5)n4)CC3)ncn2)n1. The van der Waals surface area contributed by atoms with Gasteiger partial charge in [0.25, 0.3) is 5.91 Å². The monoisotopic (exact) mass is 429 g/mol. The predicted octanol–water partition coefficient (Wildman–Crippen LogP) is 1.82. The Bertz CT molecular complexity index is 1240. The molecule has 4 aromatic rings. The van der Waals surface area contributed by atoms with E-state index in [4.69, 9.17) is 0 Å². The van der Waals surface area contributed by atoms with Gasteiger partial charge < -0.3 is 9.80 Å². The van der Waals surface area contributed by atoms with E-state index in [2.05, 4.69) is 30.2 Å². The third-order valence-corrected chi connectivity index (χ3v) is 5.45. The van der Waals surface area contributed by atoms with E-state index in [-0.39, 0.29) is 5.91 Å². The predicted molar refractivity (Wildman–Crippen MR) is 118 cm³/mol. The van der Waals surface area contributed by atoms with Gasteiger partial charge in [-0.05, 0) is 32.0 Å². The summed E-state index contributed by atoms with van der Waals surface area (Å²) in [5.74, 6) is 1.44. The zero-order valence-corrected chi connectivity index (χ0v) is 18.0. The van der Waals surface area contributed by atoms with Gasteiger partial charge in [0, 0.05) is 37.9 Å². The summed E-state index contributed by atoms with van der Waals surface area (Å²) in [6.07, 6.45) is 3.08. The van der Waals surface area contributed by atoms with E-state index in [0.29, 0.717) is 31.9 Å². The lowest BCUT2D eigenvalue weighted by Crippen LogP contribution is -2.49. The van der Waals surface area contributed by atoms with E-state index in [1.165, 1.54) is 11.0 Å². The standard InChI is InChI=1S/C22H23N9O/c1-16-12-17(2)30(26-16)21-13-20(23-15-24-21)28-8-10-29(11-9-28)22(32)19-14-25-31(27-19)18-6-4-3-5-7-18/h3-7,12-15H,8-11H2,1-2H3. The van der Waals surface area contributed by atoms with Crippen molar-refractivity contribution in [2.75, 3.05) is 31.1 Å². The van der Waals surface area contributed by atoms with Crippen molar-refractivity contribution in [2.24, 2.45) is 0 Å². The number of anilines is 1. The number of amides is 1. The molecule has 1 aromatic carbocycles. The Hall–Kier alpha value is -4.08. The maximum Gasteiger partial charge on any atom is 0.276 e. The highest BCUT2D eigenvalue weighted by Crippen LogP contribution is 2.18. The lowest BCUT2D eigenvalue weighted by Gasteiger charge is -2.35. The fourth-order valence-electron chi connectivity index (χ4n) is 3.83. The summed E-state index contributed by atoms with van der Waals surface area (Å²) in [5, 5.41) is 13.1. The maximum absolute atomic E-state index is 12.9. The first-order valence-electron chi connectivity index (χ1n) is 10.5. The van der Waals surface area contributed by atoms with Crippen LogP contribution in [0.4, 0.5) is 5.82 Å². The van der Waals surface area contributed by atoms with Crippen LogP contribution in [0.15, 0.2) is 55.0 Å². The highest BCUT2D eigenvalue weighted by Gasteiger charge is 2.25. The third kappa shape index (κ3) is 3.82. The van der Waals surface area contributed by atoms with E-state index in [0.717, 1.165) is 28.7 Å². The first-order chi connectivity index (χ1) is 15.6. The first-order valence-corrected chi connectivity index (χ1v) is 10.5. The Morgan fingerprint density at radius 3 is 2.38 bits per heavy atom. The molecule has 0 N–H and O–H groups in total. The summed E-state index contributed by atoms with van der Waals surface area (Å²) < 4.78 is 1.82. The summed E-state index contributed by atoms with van der Waals surface area (Å²) in [4.78, 5) is 27.2. The number of aromatic nitrogens is 7. The number of nitrogens with zero attached hydrogens (tertiary/aromatic N) is 9. The molecule has 1 aliphatic rings. The van der Waals surface area contributed by atoms with E-state index in [1.807, 2.05) is 61.0 Å². The Kier molecular flexibility index (Phi) is 5.10. The van der Waals surface area contributed by atoms with Crippen LogP contribution in [0.5, 0.6) is 0 Å². The van der Waals surface area contributed by atoms with Crippen LogP contribution in [0, 0.1) is 13.8 Å². The van der Waals surface area contributed by atoms with Gasteiger partial charge in [-0.15, -0.1) is 5.10 Å². The van der Waals surface area contributed by atoms with Gasteiger partial charge in [-0.2, -0.15) is 15.0 Å². The quantitative estimate of drug-likeness (QED) is 0.488. The molecule has 5 rings (SSSR count). The molecule has 1 saturated heterocycles. The molecule has 0 atom stereocenters. The number of aryl methyl sites for hydroxylation is 2. The number of rotatable bonds is 4. The minimum absolute atomic E-state index is 0.113. The largest absolute Gasteiger partial charge is 0.353 e. The zero-order chi connectivity index (χ0) is 22.1. The Balaban J connectivity index is 1.26. The van der Waals surface area contributed by atoms with Crippen LogP contribution in [0.25, 0.3) is 11.5 Å². The summed E-state index contributed by atoms with van der Waals surface area (Å²) in [7, 11) is 0. The molecule has 0 saturated carbocycles. The van der Waals surface area contributed by atoms with Gasteiger partial charge in [-0.1, -0.05) is 18.2 Å². The first kappa shape index (κ1) is 19.9. The fraction of sp³-hybridized carbons (Fsp3) is 0.273. The van der Waals surface area contributed by atoms with Gasteiger partial charge in [0.05, 0.1) is 17.6 Å². The van der Waals surface area contributed by atoms with Crippen molar-refractivity contribution in [2.45, 2.75) is 13.8 Å². The van der Waals surface area contributed by atoms with E-state index >= 15 is 0 Å². The van der Waals surface area contributed by atoms with Crippen molar-refractivity contribution in [1.82, 2.24) is 39.6 Å². The van der Waals surface area contributed by atoms with Gasteiger partial charge in [-0.25, -0.2) is 14.6 Å². The van der Waals surface area contributed by atoms with Crippen LogP contribution < -0.4 is 4.90 Å². The topological polar surface area (TPSA) is 97.9 Å². The molecular formula is C22H23N9O. The van der Waals surface area contributed by atoms with Crippen molar-refractivity contribution in [1.29, 1.82) is 0 Å². The van der Waals surface area contributed by atoms with Gasteiger partial charge in [0.1, 0.15) is 12.1 Å². The second-order valence-electron chi connectivity index (χ2n) is 7.71. The molecule has 0 bridgehead atoms. The van der Waals surface area contributed by atoms with Crippen molar-refractivity contribution in [3.05, 3.63) is 72.1 Å². The van der Waals surface area contributed by atoms with E-state index in [9.17, 15) is 4.79 Å². The molecule has 10 nitrogen and oxygen atoms in total. The number of carbonyl (C=O) groups excluding carboxylic acids is 1. The molecule has 4 heterocycles. The molecule has 1 fully saturated rings. The molecule has 1 amide bonds. The number of hydrogen-bond acceptors (Lipinski definition) is 7. The van der Waals surface area contributed by atoms with Crippen LogP contribution in [0.3, 0.4) is 0 Å². The number of benzene rings is 1. The van der Waals surface area contributed by atoms with Gasteiger partial charge in [-0.3, -0.25) is 4.79 Å². The van der Waals surface area contributed by atoms with Crippen molar-refractivity contribution < 1.29 is 4.79 Å². The average Bonchev–Trinajstić information content (AvgIpc) is 3.46. The maximum atomic E-state index is 12.9. The van der Waals surface area contributed by atoms with Gasteiger partial charge in [0.2, 0.25) is 0 Å². The molecule has 1 aliphatic heterocycles. The van der Waals surface area contributed by atoms with E-state index < -0.39 is 0 Å². The lowest BCUT2D eigenvalue weighted by molar-refractivity contribution is 0.0740. The molecule has 0 spiro atoms. The summed E-state index contributed by atoms with van der Waals surface area (Å²) in [5.41, 5.74) is 3.12. The van der Waals surface area contributed by atoms with Crippen LogP contribution >= 0.6 is 0 Å². The van der Waals surface area contributed by atoms with Crippen LogP contribution in [0.1, 0.15) is 21.9 Å². The Labute approximate surface area is 185 Å². The normalized spacial score (nSPS) is 14.1. The van der Waals surface area contributed by atoms with Crippen molar-refractivity contribution >= 4 is 11.7 Å². The molecule has 0 aliphatic carbocycles. The number of carbonyl (C=O) groups is 1. The highest BCUT2D eigenvalue weighted by molar-refractivity contribution is 5.92. The summed E-state index contributed by atoms with van der Waals surface area (Å²) in [6, 6.07) is 13.5. The number of hydrogen-bond donors (Lipinski definition) is 0. The number of piperazine rings is 1. The molecule has 3 aromatic heterocycles. The second-order valence-corrected chi connectivity index (χ2v) is 7.71. The van der Waals surface area contributed by atoms with Crippen LogP contribution in [0.2, 0.25) is 0 Å². The van der Waals surface area contributed by atoms with Gasteiger partial charge in [0.15, 0.2) is 11.5 Å².